The normalized spacial score (nSPS) is 11.4. The second-order valence-electron chi connectivity index (χ2n) is 8.52. The maximum absolute atomic E-state index is 12.7. The molecule has 1 aromatic carbocycles. The minimum absolute atomic E-state index is 0.120. The molecule has 39 heavy (non-hydrogen) atoms. The number of nitrogens with one attached hydrogen (secondary N) is 2. The molecule has 0 atom stereocenters. The van der Waals surface area contributed by atoms with E-state index in [9.17, 15) is 22.8 Å². The van der Waals surface area contributed by atoms with Gasteiger partial charge in [0, 0.05) is 24.7 Å². The van der Waals surface area contributed by atoms with Crippen LogP contribution in [0.2, 0.25) is 0 Å². The Morgan fingerprint density at radius 2 is 1.77 bits per heavy atom. The van der Waals surface area contributed by atoms with Crippen molar-refractivity contribution >= 4 is 35.0 Å². The number of nitrogens with two attached hydrogens (primary N) is 1. The molecule has 0 bridgehead atoms. The highest BCUT2D eigenvalue weighted by atomic mass is 19.4. The third-order valence-electron chi connectivity index (χ3n) is 5.58. The summed E-state index contributed by atoms with van der Waals surface area (Å²) in [7, 11) is 0. The molecule has 0 unspecified atom stereocenters. The third-order valence-corrected chi connectivity index (χ3v) is 5.58. The van der Waals surface area contributed by atoms with E-state index in [1.807, 2.05) is 32.0 Å². The summed E-state index contributed by atoms with van der Waals surface area (Å²) in [5.41, 5.74) is 8.80. The number of anilines is 3. The maximum atomic E-state index is 12.7. The SMILES string of the molecule is CCOC(=O)c1nc2cc(-c3ccc(C)cc3C)nc(NCCNc3ccc(C(=O)C(F)(F)F)c(N)n3)n2n1. The first-order chi connectivity index (χ1) is 18.5. The van der Waals surface area contributed by atoms with Gasteiger partial charge in [-0.1, -0.05) is 23.8 Å². The first kappa shape index (κ1) is 27.3. The average molecular weight is 543 g/mol. The number of carbonyl (C=O) groups is 2. The number of pyridine rings is 1. The predicted molar refractivity (Wildman–Crippen MR) is 138 cm³/mol. The summed E-state index contributed by atoms with van der Waals surface area (Å²) < 4.78 is 44.5. The molecule has 14 heteroatoms. The van der Waals surface area contributed by atoms with Crippen LogP contribution in [0.1, 0.15) is 39.0 Å². The van der Waals surface area contributed by atoms with E-state index in [1.54, 1.807) is 13.0 Å². The van der Waals surface area contributed by atoms with Gasteiger partial charge in [0.15, 0.2) is 5.65 Å². The minimum atomic E-state index is -5.05. The zero-order valence-corrected chi connectivity index (χ0v) is 21.3. The van der Waals surface area contributed by atoms with Crippen molar-refractivity contribution in [1.82, 2.24) is 24.6 Å². The van der Waals surface area contributed by atoms with Crippen LogP contribution in [-0.4, -0.2) is 62.2 Å². The Morgan fingerprint density at radius 1 is 1.03 bits per heavy atom. The second kappa shape index (κ2) is 10.9. The molecule has 0 saturated heterocycles. The number of aromatic nitrogens is 5. The number of rotatable bonds is 9. The molecule has 3 heterocycles. The van der Waals surface area contributed by atoms with Crippen molar-refractivity contribution in [3.8, 4) is 11.3 Å². The number of nitrogen functional groups attached to an aromatic ring is 1. The summed E-state index contributed by atoms with van der Waals surface area (Å²) >= 11 is 0. The molecule has 0 aliphatic carbocycles. The van der Waals surface area contributed by atoms with Crippen molar-refractivity contribution in [2.24, 2.45) is 0 Å². The van der Waals surface area contributed by atoms with Gasteiger partial charge in [-0.3, -0.25) is 4.79 Å². The van der Waals surface area contributed by atoms with E-state index in [2.05, 4.69) is 30.7 Å². The lowest BCUT2D eigenvalue weighted by Gasteiger charge is -2.12. The molecule has 0 amide bonds. The number of fused-ring (bicyclic) bond motifs is 1. The van der Waals surface area contributed by atoms with E-state index in [1.165, 1.54) is 10.6 Å². The van der Waals surface area contributed by atoms with Gasteiger partial charge in [0.25, 0.3) is 11.6 Å². The second-order valence-corrected chi connectivity index (χ2v) is 8.52. The molecule has 4 aromatic rings. The van der Waals surface area contributed by atoms with Gasteiger partial charge < -0.3 is 21.1 Å². The van der Waals surface area contributed by atoms with Crippen molar-refractivity contribution in [2.75, 3.05) is 36.1 Å². The summed E-state index contributed by atoms with van der Waals surface area (Å²) in [6.07, 6.45) is -5.05. The molecule has 204 valence electrons. The number of benzene rings is 1. The van der Waals surface area contributed by atoms with Crippen LogP contribution in [0.4, 0.5) is 30.8 Å². The number of hydrogen-bond donors (Lipinski definition) is 3. The fourth-order valence-corrected chi connectivity index (χ4v) is 3.81. The highest BCUT2D eigenvalue weighted by Crippen LogP contribution is 2.26. The summed E-state index contributed by atoms with van der Waals surface area (Å²) in [6, 6.07) is 9.85. The number of alkyl halides is 3. The number of ketones is 1. The Bertz CT molecular complexity index is 1550. The zero-order valence-electron chi connectivity index (χ0n) is 21.3. The molecule has 0 spiro atoms. The van der Waals surface area contributed by atoms with Crippen LogP contribution in [0.25, 0.3) is 16.9 Å². The number of halogens is 3. The Kier molecular flexibility index (Phi) is 7.65. The number of esters is 1. The van der Waals surface area contributed by atoms with Crippen molar-refractivity contribution in [3.63, 3.8) is 0 Å². The first-order valence-electron chi connectivity index (χ1n) is 11.9. The van der Waals surface area contributed by atoms with Gasteiger partial charge in [0.2, 0.25) is 5.95 Å². The topological polar surface area (TPSA) is 149 Å². The van der Waals surface area contributed by atoms with Gasteiger partial charge in [0.1, 0.15) is 11.6 Å². The summed E-state index contributed by atoms with van der Waals surface area (Å²) in [6.45, 7) is 6.30. The minimum Gasteiger partial charge on any atom is -0.460 e. The molecule has 0 aliphatic rings. The van der Waals surface area contributed by atoms with Crippen LogP contribution in [-0.2, 0) is 4.74 Å². The smallest absolute Gasteiger partial charge is 0.455 e. The molecular formula is C25H25F3N8O3. The van der Waals surface area contributed by atoms with Crippen LogP contribution >= 0.6 is 0 Å². The van der Waals surface area contributed by atoms with E-state index in [4.69, 9.17) is 10.5 Å². The molecular weight excluding hydrogens is 517 g/mol. The van der Waals surface area contributed by atoms with Gasteiger partial charge in [-0.25, -0.2) is 19.7 Å². The number of hydrogen-bond acceptors (Lipinski definition) is 10. The van der Waals surface area contributed by atoms with Crippen molar-refractivity contribution < 1.29 is 27.5 Å². The van der Waals surface area contributed by atoms with E-state index in [-0.39, 0.29) is 31.3 Å². The number of aryl methyl sites for hydroxylation is 2. The van der Waals surface area contributed by atoms with Crippen LogP contribution < -0.4 is 16.4 Å². The number of ether oxygens (including phenoxy) is 1. The summed E-state index contributed by atoms with van der Waals surface area (Å²) in [5.74, 6) is -2.90. The van der Waals surface area contributed by atoms with Crippen molar-refractivity contribution in [1.29, 1.82) is 0 Å². The van der Waals surface area contributed by atoms with Gasteiger partial charge in [-0.2, -0.15) is 17.7 Å². The third kappa shape index (κ3) is 6.05. The quantitative estimate of drug-likeness (QED) is 0.162. The Labute approximate surface area is 220 Å². The van der Waals surface area contributed by atoms with E-state index in [0.29, 0.717) is 17.3 Å². The van der Waals surface area contributed by atoms with E-state index >= 15 is 0 Å². The van der Waals surface area contributed by atoms with Crippen molar-refractivity contribution in [3.05, 3.63) is 58.9 Å². The molecule has 0 fully saturated rings. The van der Waals surface area contributed by atoms with Crippen LogP contribution in [0.15, 0.2) is 36.4 Å². The molecule has 4 N–H and O–H groups in total. The van der Waals surface area contributed by atoms with Gasteiger partial charge in [-0.15, -0.1) is 5.10 Å². The summed E-state index contributed by atoms with van der Waals surface area (Å²) in [5, 5.41) is 10.3. The number of nitrogens with zero attached hydrogens (tertiary/aromatic N) is 5. The Balaban J connectivity index is 1.55. The number of Topliss-reactive ketones (excluding diaryl/α,β-unsaturated/α-hetero) is 1. The predicted octanol–water partition coefficient (Wildman–Crippen LogP) is 3.83. The van der Waals surface area contributed by atoms with E-state index < -0.39 is 29.3 Å². The first-order valence-corrected chi connectivity index (χ1v) is 11.9. The monoisotopic (exact) mass is 542 g/mol. The highest BCUT2D eigenvalue weighted by molar-refractivity contribution is 6.03. The van der Waals surface area contributed by atoms with Gasteiger partial charge in [0.05, 0.1) is 17.9 Å². The van der Waals surface area contributed by atoms with Gasteiger partial charge >= 0.3 is 12.1 Å². The molecule has 0 radical (unpaired) electrons. The lowest BCUT2D eigenvalue weighted by atomic mass is 10.0. The maximum Gasteiger partial charge on any atom is 0.455 e. The summed E-state index contributed by atoms with van der Waals surface area (Å²) in [4.78, 5) is 36.5. The van der Waals surface area contributed by atoms with Crippen LogP contribution in [0, 0.1) is 13.8 Å². The fraction of sp³-hybridized carbons (Fsp3) is 0.280. The Hall–Kier alpha value is -4.75. The molecule has 4 rings (SSSR count). The fourth-order valence-electron chi connectivity index (χ4n) is 3.81. The van der Waals surface area contributed by atoms with E-state index in [0.717, 1.165) is 22.8 Å². The molecule has 0 aliphatic heterocycles. The van der Waals surface area contributed by atoms with Crippen molar-refractivity contribution in [2.45, 2.75) is 26.9 Å². The molecule has 11 nitrogen and oxygen atoms in total. The largest absolute Gasteiger partial charge is 0.460 e. The standard InChI is InChI=1S/C25H25F3N8O3/c1-4-39-23(38)22-34-19-12-17(15-6-5-13(2)11-14(15)3)32-24(36(19)35-22)31-10-9-30-18-8-7-16(21(29)33-18)20(37)25(26,27)28/h5-8,11-12H,4,9-10H2,1-3H3,(H,31,32)(H3,29,30,33). The lowest BCUT2D eigenvalue weighted by molar-refractivity contribution is -0.0884. The van der Waals surface area contributed by atoms with Crippen LogP contribution in [0.3, 0.4) is 0 Å². The zero-order chi connectivity index (χ0) is 28.3. The lowest BCUT2D eigenvalue weighted by Crippen LogP contribution is -2.24. The average Bonchev–Trinajstić information content (AvgIpc) is 3.30. The molecule has 3 aromatic heterocycles. The van der Waals surface area contributed by atoms with Gasteiger partial charge in [-0.05, 0) is 38.5 Å². The Morgan fingerprint density at radius 3 is 2.44 bits per heavy atom. The van der Waals surface area contributed by atoms with Crippen LogP contribution in [0.5, 0.6) is 0 Å². The highest BCUT2D eigenvalue weighted by Gasteiger charge is 2.40. The molecule has 0 saturated carbocycles. The number of carbonyl (C=O) groups excluding carboxylic acids is 2.